The Morgan fingerprint density at radius 2 is 1.80 bits per heavy atom. The fourth-order valence-corrected chi connectivity index (χ4v) is 7.53. The fraction of sp³-hybridized carbons (Fsp3) is 0.394. The Morgan fingerprint density at radius 1 is 1.04 bits per heavy atom. The number of allylic oxidation sites excluding steroid dienone is 1. The van der Waals surface area contributed by atoms with Gasteiger partial charge in [0, 0.05) is 29.7 Å². The third-order valence-electron chi connectivity index (χ3n) is 8.85. The Labute approximate surface area is 268 Å². The molecular formula is C33H34BrN3O8. The van der Waals surface area contributed by atoms with Gasteiger partial charge in [0.25, 0.3) is 5.91 Å². The summed E-state index contributed by atoms with van der Waals surface area (Å²) < 4.78 is 18.0. The Morgan fingerprint density at radius 3 is 2.51 bits per heavy atom. The van der Waals surface area contributed by atoms with Crippen molar-refractivity contribution in [2.45, 2.75) is 36.6 Å². The molecule has 0 unspecified atom stereocenters. The van der Waals surface area contributed by atoms with Crippen LogP contribution in [-0.2, 0) is 28.7 Å². The maximum atomic E-state index is 14.7. The first kappa shape index (κ1) is 31.0. The lowest BCUT2D eigenvalue weighted by Crippen LogP contribution is -2.56. The normalized spacial score (nSPS) is 30.9. The zero-order valence-electron chi connectivity index (χ0n) is 24.6. The van der Waals surface area contributed by atoms with Crippen molar-refractivity contribution in [1.82, 2.24) is 10.2 Å². The zero-order valence-corrected chi connectivity index (χ0v) is 26.2. The lowest BCUT2D eigenvalue weighted by Gasteiger charge is -2.35. The highest BCUT2D eigenvalue weighted by Crippen LogP contribution is 2.58. The van der Waals surface area contributed by atoms with Gasteiger partial charge < -0.3 is 34.4 Å². The fourth-order valence-electron chi connectivity index (χ4n) is 6.80. The molecule has 1 spiro atoms. The molecule has 2 fully saturated rings. The Bertz CT molecular complexity index is 1530. The second-order valence-corrected chi connectivity index (χ2v) is 12.3. The third-order valence-corrected chi connectivity index (χ3v) is 9.53. The molecule has 6 atom stereocenters. The molecule has 4 aliphatic rings. The number of β-amino-alcohol motifs (C(OH)–C–C–N with tert-alkyl or cyclic N) is 1. The number of anilines is 1. The molecule has 45 heavy (non-hydrogen) atoms. The summed E-state index contributed by atoms with van der Waals surface area (Å²) in [5, 5.41) is 13.0. The van der Waals surface area contributed by atoms with Gasteiger partial charge in [-0.25, -0.2) is 0 Å². The minimum atomic E-state index is -1.45. The van der Waals surface area contributed by atoms with Crippen molar-refractivity contribution in [3.8, 4) is 5.75 Å². The number of ether oxygens (including phenoxy) is 3. The van der Waals surface area contributed by atoms with E-state index in [0.29, 0.717) is 22.3 Å². The van der Waals surface area contributed by atoms with Crippen LogP contribution in [0.3, 0.4) is 0 Å². The number of methoxy groups -OCH3 is 1. The smallest absolute Gasteiger partial charge is 0.306 e. The van der Waals surface area contributed by atoms with Crippen LogP contribution >= 0.6 is 15.9 Å². The number of hydrogen-bond acceptors (Lipinski definition) is 8. The minimum Gasteiger partial charge on any atom is -0.497 e. The summed E-state index contributed by atoms with van der Waals surface area (Å²) in [7, 11) is 1.55. The standard InChI is InChI=1S/C33H34BrN3O8/c1-43-22-13-11-21(12-14-22)36-15-7-3-6-10-25(39)44-19-24(20-8-4-2-5-9-20)35-30(40)26-27-31(41)37(16-17-38)29(32(36)42)33(27)18-23(34)28(26)45-33/h2-5,7-9,11-14,18,24,26-29,38H,6,10,15-17,19H2,1H3,(H,35,40)/b7-3-/t24-,26-,27+,28-,29-,33+/m0/s1. The van der Waals surface area contributed by atoms with Gasteiger partial charge in [-0.15, -0.1) is 0 Å². The Balaban J connectivity index is 1.44. The van der Waals surface area contributed by atoms with Crippen molar-refractivity contribution in [3.63, 3.8) is 0 Å². The molecule has 0 aliphatic carbocycles. The average molecular weight is 681 g/mol. The number of hydrogen-bond donors (Lipinski definition) is 2. The predicted octanol–water partition coefficient (Wildman–Crippen LogP) is 2.64. The van der Waals surface area contributed by atoms with Crippen LogP contribution in [0.25, 0.3) is 0 Å². The SMILES string of the molecule is COc1ccc(N2C/C=C\CCC(=O)OC[C@@H](c3ccccc3)NC(=O)[C@@H]3[C@H]4O[C@@]5(C=C4Br)[C@H](C2=O)N(CCO)C(=O)[C@@H]35)cc1. The van der Waals surface area contributed by atoms with E-state index < -0.39 is 59.3 Å². The van der Waals surface area contributed by atoms with Gasteiger partial charge in [-0.2, -0.15) is 0 Å². The number of carbonyl (C=O) groups is 4. The number of aliphatic hydroxyl groups is 1. The number of carbonyl (C=O) groups excluding carboxylic acids is 4. The Hall–Kier alpha value is -4.00. The number of esters is 1. The molecule has 4 aliphatic heterocycles. The summed E-state index contributed by atoms with van der Waals surface area (Å²) in [6.07, 6.45) is 5.00. The van der Waals surface area contributed by atoms with Gasteiger partial charge in [0.15, 0.2) is 0 Å². The molecule has 3 amide bonds. The van der Waals surface area contributed by atoms with Crippen molar-refractivity contribution >= 4 is 45.3 Å². The van der Waals surface area contributed by atoms with E-state index in [-0.39, 0.29) is 32.7 Å². The highest BCUT2D eigenvalue weighted by Gasteiger charge is 2.74. The van der Waals surface area contributed by atoms with Crippen LogP contribution in [0, 0.1) is 11.8 Å². The summed E-state index contributed by atoms with van der Waals surface area (Å²) >= 11 is 3.56. The average Bonchev–Trinajstić information content (AvgIpc) is 3.64. The van der Waals surface area contributed by atoms with E-state index in [1.807, 2.05) is 30.3 Å². The molecule has 0 saturated carbocycles. The summed E-state index contributed by atoms with van der Waals surface area (Å²) in [5.41, 5.74) is -0.173. The molecule has 6 rings (SSSR count). The van der Waals surface area contributed by atoms with Crippen molar-refractivity contribution in [2.75, 3.05) is 38.3 Å². The number of cyclic esters (lactones) is 1. The van der Waals surface area contributed by atoms with E-state index in [2.05, 4.69) is 21.2 Å². The lowest BCUT2D eigenvalue weighted by atomic mass is 9.74. The van der Waals surface area contributed by atoms with Crippen LogP contribution in [0.2, 0.25) is 0 Å². The quantitative estimate of drug-likeness (QED) is 0.364. The Kier molecular flexibility index (Phi) is 8.80. The van der Waals surface area contributed by atoms with Gasteiger partial charge in [-0.1, -0.05) is 58.4 Å². The molecule has 2 aromatic rings. The second-order valence-electron chi connectivity index (χ2n) is 11.4. The largest absolute Gasteiger partial charge is 0.497 e. The lowest BCUT2D eigenvalue weighted by molar-refractivity contribution is -0.145. The van der Waals surface area contributed by atoms with Crippen LogP contribution in [0.4, 0.5) is 5.69 Å². The second kappa shape index (κ2) is 12.8. The first-order valence-corrected chi connectivity index (χ1v) is 15.7. The maximum Gasteiger partial charge on any atom is 0.306 e. The van der Waals surface area contributed by atoms with Crippen LogP contribution in [-0.4, -0.2) is 84.9 Å². The molecular weight excluding hydrogens is 646 g/mol. The van der Waals surface area contributed by atoms with Gasteiger partial charge in [0.2, 0.25) is 11.8 Å². The topological polar surface area (TPSA) is 135 Å². The first-order valence-electron chi connectivity index (χ1n) is 14.9. The van der Waals surface area contributed by atoms with Gasteiger partial charge in [0.05, 0.1) is 31.6 Å². The maximum absolute atomic E-state index is 14.7. The summed E-state index contributed by atoms with van der Waals surface area (Å²) in [6.45, 7) is -0.462. The van der Waals surface area contributed by atoms with Crippen LogP contribution < -0.4 is 15.0 Å². The van der Waals surface area contributed by atoms with E-state index in [1.54, 1.807) is 49.6 Å². The number of nitrogens with one attached hydrogen (secondary N) is 1. The van der Waals surface area contributed by atoms with E-state index in [0.717, 1.165) is 5.56 Å². The van der Waals surface area contributed by atoms with E-state index in [1.165, 1.54) is 9.80 Å². The number of halogens is 1. The van der Waals surface area contributed by atoms with Crippen LogP contribution in [0.1, 0.15) is 24.4 Å². The van der Waals surface area contributed by atoms with Crippen molar-refractivity contribution < 1.29 is 38.5 Å². The molecule has 0 radical (unpaired) electrons. The summed E-state index contributed by atoms with van der Waals surface area (Å²) in [6, 6.07) is 14.2. The molecule has 0 aromatic heterocycles. The summed E-state index contributed by atoms with van der Waals surface area (Å²) in [4.78, 5) is 58.5. The number of likely N-dealkylation sites (tertiary alicyclic amines) is 1. The number of aliphatic hydroxyl groups excluding tert-OH is 1. The molecule has 2 saturated heterocycles. The molecule has 12 heteroatoms. The molecule has 2 aromatic carbocycles. The highest BCUT2D eigenvalue weighted by atomic mass is 79.9. The molecule has 5 bridgehead atoms. The van der Waals surface area contributed by atoms with Gasteiger partial charge in [-0.05, 0) is 42.3 Å². The van der Waals surface area contributed by atoms with Gasteiger partial charge >= 0.3 is 5.97 Å². The minimum absolute atomic E-state index is 0.0969. The van der Waals surface area contributed by atoms with Crippen molar-refractivity contribution in [1.29, 1.82) is 0 Å². The first-order chi connectivity index (χ1) is 21.8. The molecule has 2 N–H and O–H groups in total. The molecule has 4 heterocycles. The number of amides is 3. The highest BCUT2D eigenvalue weighted by molar-refractivity contribution is 9.11. The molecule has 11 nitrogen and oxygen atoms in total. The van der Waals surface area contributed by atoms with E-state index in [9.17, 15) is 24.3 Å². The van der Waals surface area contributed by atoms with Crippen molar-refractivity contribution in [2.24, 2.45) is 11.8 Å². The summed E-state index contributed by atoms with van der Waals surface area (Å²) in [5.74, 6) is -3.17. The predicted molar refractivity (Wildman–Crippen MR) is 166 cm³/mol. The van der Waals surface area contributed by atoms with E-state index >= 15 is 0 Å². The number of rotatable bonds is 5. The molecule has 236 valence electrons. The zero-order chi connectivity index (χ0) is 31.7. The van der Waals surface area contributed by atoms with Crippen molar-refractivity contribution in [3.05, 3.63) is 82.9 Å². The monoisotopic (exact) mass is 679 g/mol. The third kappa shape index (κ3) is 5.55. The van der Waals surface area contributed by atoms with Gasteiger partial charge in [0.1, 0.15) is 30.1 Å². The van der Waals surface area contributed by atoms with E-state index in [4.69, 9.17) is 14.2 Å². The number of nitrogens with zero attached hydrogens (tertiary/aromatic N) is 2. The van der Waals surface area contributed by atoms with Crippen LogP contribution in [0.15, 0.2) is 77.3 Å². The number of fused-ring (bicyclic) bond motifs is 2. The van der Waals surface area contributed by atoms with Crippen LogP contribution in [0.5, 0.6) is 5.75 Å². The van der Waals surface area contributed by atoms with Gasteiger partial charge in [-0.3, -0.25) is 19.2 Å². The number of benzene rings is 2.